The van der Waals surface area contributed by atoms with Crippen molar-refractivity contribution in [3.63, 3.8) is 0 Å². The second-order valence-electron chi connectivity index (χ2n) is 4.60. The van der Waals surface area contributed by atoms with E-state index in [4.69, 9.17) is 16.7 Å². The molecule has 0 amide bonds. The Hall–Kier alpha value is -0.630. The van der Waals surface area contributed by atoms with Gasteiger partial charge >= 0.3 is 5.97 Å². The fourth-order valence-electron chi connectivity index (χ4n) is 2.24. The van der Waals surface area contributed by atoms with E-state index in [0.29, 0.717) is 27.9 Å². The monoisotopic (exact) mass is 381 g/mol. The van der Waals surface area contributed by atoms with Crippen LogP contribution in [-0.4, -0.2) is 36.4 Å². The van der Waals surface area contributed by atoms with E-state index in [0.717, 1.165) is 4.31 Å². The summed E-state index contributed by atoms with van der Waals surface area (Å²) < 4.78 is 26.4. The average molecular weight is 383 g/mol. The first-order chi connectivity index (χ1) is 9.31. The summed E-state index contributed by atoms with van der Waals surface area (Å²) in [6, 6.07) is 3.89. The van der Waals surface area contributed by atoms with Crippen LogP contribution in [0.4, 0.5) is 0 Å². The highest BCUT2D eigenvalue weighted by atomic mass is 79.9. The summed E-state index contributed by atoms with van der Waals surface area (Å²) >= 11 is 9.08. The molecule has 20 heavy (non-hydrogen) atoms. The van der Waals surface area contributed by atoms with Crippen molar-refractivity contribution in [1.29, 1.82) is 0 Å². The predicted octanol–water partition coefficient (Wildman–Crippen LogP) is 2.48. The molecule has 1 atom stereocenters. The number of carboxylic acids is 1. The van der Waals surface area contributed by atoms with Crippen molar-refractivity contribution < 1.29 is 18.3 Å². The minimum absolute atomic E-state index is 0.242. The minimum atomic E-state index is -3.66. The molecule has 0 bridgehead atoms. The number of aliphatic carboxylic acids is 1. The lowest BCUT2D eigenvalue weighted by Gasteiger charge is -2.21. The SMILES string of the molecule is O=C(O)C1CCCN1S(=O)(=O)Cc1ccc(Cl)cc1Br. The normalized spacial score (nSPS) is 20.2. The predicted molar refractivity (Wildman–Crippen MR) is 79.1 cm³/mol. The van der Waals surface area contributed by atoms with Crippen LogP contribution in [0.3, 0.4) is 0 Å². The van der Waals surface area contributed by atoms with Gasteiger partial charge in [-0.15, -0.1) is 0 Å². The first-order valence-electron chi connectivity index (χ1n) is 5.97. The van der Waals surface area contributed by atoms with Gasteiger partial charge < -0.3 is 5.11 Å². The zero-order valence-corrected chi connectivity index (χ0v) is 13.6. The number of rotatable bonds is 4. The van der Waals surface area contributed by atoms with Crippen molar-refractivity contribution in [2.45, 2.75) is 24.6 Å². The van der Waals surface area contributed by atoms with Crippen LogP contribution in [0.15, 0.2) is 22.7 Å². The molecule has 0 aliphatic carbocycles. The molecule has 0 saturated carbocycles. The zero-order chi connectivity index (χ0) is 14.9. The van der Waals surface area contributed by atoms with Crippen molar-refractivity contribution in [3.05, 3.63) is 33.3 Å². The Morgan fingerprint density at radius 1 is 1.50 bits per heavy atom. The first kappa shape index (κ1) is 15.8. The molecule has 1 aromatic rings. The number of hydrogen-bond acceptors (Lipinski definition) is 3. The fraction of sp³-hybridized carbons (Fsp3) is 0.417. The summed E-state index contributed by atoms with van der Waals surface area (Å²) in [5.74, 6) is -1.34. The average Bonchev–Trinajstić information content (AvgIpc) is 2.82. The van der Waals surface area contributed by atoms with E-state index < -0.39 is 22.0 Å². The summed E-state index contributed by atoms with van der Waals surface area (Å²) in [6.45, 7) is 0.254. The van der Waals surface area contributed by atoms with Gasteiger partial charge in [0.15, 0.2) is 0 Å². The summed E-state index contributed by atoms with van der Waals surface area (Å²) in [5.41, 5.74) is 0.561. The van der Waals surface area contributed by atoms with E-state index in [9.17, 15) is 13.2 Å². The third kappa shape index (κ3) is 3.33. The zero-order valence-electron chi connectivity index (χ0n) is 10.4. The van der Waals surface area contributed by atoms with E-state index in [1.54, 1.807) is 18.2 Å². The summed E-state index contributed by atoms with van der Waals surface area (Å²) in [4.78, 5) is 11.1. The van der Waals surface area contributed by atoms with E-state index in [2.05, 4.69) is 15.9 Å². The molecule has 1 unspecified atom stereocenters. The smallest absolute Gasteiger partial charge is 0.322 e. The van der Waals surface area contributed by atoms with Crippen LogP contribution < -0.4 is 0 Å². The van der Waals surface area contributed by atoms with Crippen LogP contribution in [0.1, 0.15) is 18.4 Å². The van der Waals surface area contributed by atoms with Gasteiger partial charge in [-0.1, -0.05) is 33.6 Å². The van der Waals surface area contributed by atoms with Crippen molar-refractivity contribution >= 4 is 43.5 Å². The van der Waals surface area contributed by atoms with Gasteiger partial charge in [0, 0.05) is 16.0 Å². The molecule has 1 saturated heterocycles. The Morgan fingerprint density at radius 2 is 2.20 bits per heavy atom. The van der Waals surface area contributed by atoms with Gasteiger partial charge in [-0.3, -0.25) is 4.79 Å². The third-order valence-electron chi connectivity index (χ3n) is 3.20. The van der Waals surface area contributed by atoms with Gasteiger partial charge in [0.2, 0.25) is 10.0 Å². The Kier molecular flexibility index (Phi) is 4.73. The lowest BCUT2D eigenvalue weighted by molar-refractivity contribution is -0.140. The van der Waals surface area contributed by atoms with Gasteiger partial charge in [0.25, 0.3) is 0 Å². The first-order valence-corrected chi connectivity index (χ1v) is 8.75. The summed E-state index contributed by atoms with van der Waals surface area (Å²) in [6.07, 6.45) is 0.925. The van der Waals surface area contributed by atoms with Crippen molar-refractivity contribution in [3.8, 4) is 0 Å². The Morgan fingerprint density at radius 3 is 2.80 bits per heavy atom. The van der Waals surface area contributed by atoms with Crippen LogP contribution in [-0.2, 0) is 20.6 Å². The van der Waals surface area contributed by atoms with Gasteiger partial charge in [0.1, 0.15) is 6.04 Å². The molecule has 1 heterocycles. The minimum Gasteiger partial charge on any atom is -0.480 e. The highest BCUT2D eigenvalue weighted by Gasteiger charge is 2.38. The molecule has 0 radical (unpaired) electrons. The van der Waals surface area contributed by atoms with E-state index in [-0.39, 0.29) is 12.3 Å². The molecule has 1 N–H and O–H groups in total. The second-order valence-corrected chi connectivity index (χ2v) is 7.81. The molecule has 0 aromatic heterocycles. The molecule has 110 valence electrons. The third-order valence-corrected chi connectivity index (χ3v) is 6.00. The number of benzene rings is 1. The molecule has 1 aliphatic heterocycles. The van der Waals surface area contributed by atoms with Crippen LogP contribution in [0.25, 0.3) is 0 Å². The second kappa shape index (κ2) is 6.01. The van der Waals surface area contributed by atoms with Gasteiger partial charge in [-0.25, -0.2) is 8.42 Å². The Balaban J connectivity index is 2.25. The van der Waals surface area contributed by atoms with Crippen molar-refractivity contribution in [2.24, 2.45) is 0 Å². The highest BCUT2D eigenvalue weighted by Crippen LogP contribution is 2.27. The Labute approximate surface area is 130 Å². The molecule has 0 spiro atoms. The standard InChI is InChI=1S/C12H13BrClNO4S/c13-10-6-9(14)4-3-8(10)7-20(18,19)15-5-1-2-11(15)12(16)17/h3-4,6,11H,1-2,5,7H2,(H,16,17). The lowest BCUT2D eigenvalue weighted by atomic mass is 10.2. The number of sulfonamides is 1. The van der Waals surface area contributed by atoms with Gasteiger partial charge in [-0.05, 0) is 30.5 Å². The van der Waals surface area contributed by atoms with Crippen LogP contribution in [0.5, 0.6) is 0 Å². The van der Waals surface area contributed by atoms with Crippen molar-refractivity contribution in [1.82, 2.24) is 4.31 Å². The highest BCUT2D eigenvalue weighted by molar-refractivity contribution is 9.10. The van der Waals surface area contributed by atoms with E-state index >= 15 is 0 Å². The van der Waals surface area contributed by atoms with Crippen molar-refractivity contribution in [2.75, 3.05) is 6.54 Å². The molecule has 1 aliphatic rings. The molecular weight excluding hydrogens is 370 g/mol. The lowest BCUT2D eigenvalue weighted by Crippen LogP contribution is -2.40. The molecular formula is C12H13BrClNO4S. The maximum Gasteiger partial charge on any atom is 0.322 e. The maximum atomic E-state index is 12.4. The topological polar surface area (TPSA) is 74.7 Å². The summed E-state index contributed by atoms with van der Waals surface area (Å²) in [7, 11) is -3.66. The molecule has 5 nitrogen and oxygen atoms in total. The number of halogens is 2. The molecule has 1 fully saturated rings. The number of carbonyl (C=O) groups is 1. The van der Waals surface area contributed by atoms with Crippen LogP contribution >= 0.6 is 27.5 Å². The number of hydrogen-bond donors (Lipinski definition) is 1. The number of nitrogens with zero attached hydrogens (tertiary/aromatic N) is 1. The maximum absolute atomic E-state index is 12.4. The van der Waals surface area contributed by atoms with Gasteiger partial charge in [0.05, 0.1) is 5.75 Å². The molecule has 1 aromatic carbocycles. The summed E-state index contributed by atoms with van der Waals surface area (Å²) in [5, 5.41) is 9.57. The molecule has 8 heteroatoms. The largest absolute Gasteiger partial charge is 0.480 e. The fourth-order valence-corrected chi connectivity index (χ4v) is 5.05. The molecule has 2 rings (SSSR count). The van der Waals surface area contributed by atoms with Crippen LogP contribution in [0, 0.1) is 0 Å². The van der Waals surface area contributed by atoms with Crippen LogP contribution in [0.2, 0.25) is 5.02 Å². The van der Waals surface area contributed by atoms with E-state index in [1.165, 1.54) is 0 Å². The Bertz CT molecular complexity index is 634. The van der Waals surface area contributed by atoms with Gasteiger partial charge in [-0.2, -0.15) is 4.31 Å². The van der Waals surface area contributed by atoms with E-state index in [1.807, 2.05) is 0 Å². The number of carboxylic acid groups (broad SMARTS) is 1. The quantitative estimate of drug-likeness (QED) is 0.868.